The molecule has 0 unspecified atom stereocenters. The van der Waals surface area contributed by atoms with Crippen molar-refractivity contribution in [1.29, 1.82) is 0 Å². The first-order chi connectivity index (χ1) is 20.0. The summed E-state index contributed by atoms with van der Waals surface area (Å²) in [5, 5.41) is 3.73. The lowest BCUT2D eigenvalue weighted by Crippen LogP contribution is -2.55. The highest BCUT2D eigenvalue weighted by Gasteiger charge is 2.34. The Morgan fingerprint density at radius 2 is 1.52 bits per heavy atom. The number of benzene rings is 3. The molecule has 1 fully saturated rings. The van der Waals surface area contributed by atoms with Crippen LogP contribution in [0.25, 0.3) is 0 Å². The second kappa shape index (κ2) is 14.2. The Hall–Kier alpha value is -3.36. The van der Waals surface area contributed by atoms with Gasteiger partial charge in [0.1, 0.15) is 12.6 Å². The van der Waals surface area contributed by atoms with Gasteiger partial charge in [0, 0.05) is 24.0 Å². The second-order valence-corrected chi connectivity index (χ2v) is 13.6. The number of para-hydroxylation sites is 1. The number of rotatable bonds is 11. The summed E-state index contributed by atoms with van der Waals surface area (Å²) in [5.74, 6) is -0.707. The van der Waals surface area contributed by atoms with Crippen LogP contribution in [0.15, 0.2) is 72.8 Å². The molecular formula is C33H40ClN3O4S. The first-order valence-electron chi connectivity index (χ1n) is 14.4. The molecule has 0 saturated heterocycles. The van der Waals surface area contributed by atoms with Crippen molar-refractivity contribution in [3.8, 4) is 0 Å². The molecule has 4 rings (SSSR count). The van der Waals surface area contributed by atoms with Gasteiger partial charge in [0.05, 0.1) is 11.9 Å². The maximum absolute atomic E-state index is 14.3. The summed E-state index contributed by atoms with van der Waals surface area (Å²) >= 11 is 6.30. The molecule has 224 valence electrons. The lowest BCUT2D eigenvalue weighted by molar-refractivity contribution is -0.140. The molecule has 0 aliphatic heterocycles. The highest BCUT2D eigenvalue weighted by Crippen LogP contribution is 2.28. The van der Waals surface area contributed by atoms with Crippen LogP contribution in [0.3, 0.4) is 0 Å². The Kier molecular flexibility index (Phi) is 10.7. The summed E-state index contributed by atoms with van der Waals surface area (Å²) in [6.07, 6.45) is 6.45. The van der Waals surface area contributed by atoms with E-state index in [2.05, 4.69) is 5.32 Å². The predicted octanol–water partition coefficient (Wildman–Crippen LogP) is 5.81. The summed E-state index contributed by atoms with van der Waals surface area (Å²) in [6, 6.07) is 21.4. The zero-order valence-corrected chi connectivity index (χ0v) is 26.1. The number of nitrogens with zero attached hydrogens (tertiary/aromatic N) is 2. The highest BCUT2D eigenvalue weighted by molar-refractivity contribution is 7.92. The molecule has 0 radical (unpaired) electrons. The van der Waals surface area contributed by atoms with Gasteiger partial charge in [-0.05, 0) is 61.1 Å². The van der Waals surface area contributed by atoms with E-state index < -0.39 is 28.5 Å². The number of hydrogen-bond acceptors (Lipinski definition) is 4. The molecule has 2 amide bonds. The molecule has 1 aliphatic rings. The van der Waals surface area contributed by atoms with Crippen molar-refractivity contribution in [3.63, 3.8) is 0 Å². The quantitative estimate of drug-likeness (QED) is 0.297. The maximum Gasteiger partial charge on any atom is 0.244 e. The number of carbonyl (C=O) groups excluding carboxylic acids is 2. The smallest absolute Gasteiger partial charge is 0.244 e. The molecule has 1 saturated carbocycles. The Morgan fingerprint density at radius 3 is 2.14 bits per heavy atom. The third kappa shape index (κ3) is 8.35. The number of nitrogens with one attached hydrogen (secondary N) is 1. The van der Waals surface area contributed by atoms with Crippen molar-refractivity contribution < 1.29 is 18.0 Å². The molecule has 7 nitrogen and oxygen atoms in total. The fourth-order valence-corrected chi connectivity index (χ4v) is 6.88. The van der Waals surface area contributed by atoms with Crippen molar-refractivity contribution in [1.82, 2.24) is 10.2 Å². The second-order valence-electron chi connectivity index (χ2n) is 11.2. The minimum atomic E-state index is -3.83. The van der Waals surface area contributed by atoms with Gasteiger partial charge in [-0.3, -0.25) is 13.9 Å². The Morgan fingerprint density at radius 1 is 0.905 bits per heavy atom. The van der Waals surface area contributed by atoms with Gasteiger partial charge >= 0.3 is 0 Å². The van der Waals surface area contributed by atoms with Crippen LogP contribution in [-0.4, -0.2) is 50.0 Å². The first-order valence-corrected chi connectivity index (χ1v) is 16.7. The van der Waals surface area contributed by atoms with E-state index in [1.165, 1.54) is 4.90 Å². The highest BCUT2D eigenvalue weighted by atomic mass is 35.5. The van der Waals surface area contributed by atoms with Crippen LogP contribution in [0.2, 0.25) is 5.02 Å². The Balaban J connectivity index is 1.75. The summed E-state index contributed by atoms with van der Waals surface area (Å²) in [4.78, 5) is 29.9. The molecule has 0 spiro atoms. The summed E-state index contributed by atoms with van der Waals surface area (Å²) in [5.41, 5.74) is 3.61. The summed E-state index contributed by atoms with van der Waals surface area (Å²) in [6.45, 7) is 3.31. The largest absolute Gasteiger partial charge is 0.352 e. The molecule has 1 N–H and O–H groups in total. The number of amides is 2. The van der Waals surface area contributed by atoms with Crippen molar-refractivity contribution in [2.45, 2.75) is 71.0 Å². The molecule has 42 heavy (non-hydrogen) atoms. The molecule has 0 heterocycles. The molecule has 1 atom stereocenters. The van der Waals surface area contributed by atoms with Gasteiger partial charge in [0.2, 0.25) is 21.8 Å². The molecule has 3 aromatic rings. The zero-order valence-electron chi connectivity index (χ0n) is 24.6. The fourth-order valence-electron chi connectivity index (χ4n) is 5.71. The average Bonchev–Trinajstić information content (AvgIpc) is 2.94. The van der Waals surface area contributed by atoms with Gasteiger partial charge in [0.15, 0.2) is 0 Å². The van der Waals surface area contributed by atoms with Crippen molar-refractivity contribution in [2.75, 3.05) is 17.1 Å². The normalized spacial score (nSPS) is 14.7. The van der Waals surface area contributed by atoms with Crippen molar-refractivity contribution in [3.05, 3.63) is 100 Å². The average molecular weight is 610 g/mol. The van der Waals surface area contributed by atoms with Gasteiger partial charge in [-0.2, -0.15) is 0 Å². The summed E-state index contributed by atoms with van der Waals surface area (Å²) < 4.78 is 27.4. The van der Waals surface area contributed by atoms with Gasteiger partial charge < -0.3 is 10.2 Å². The number of sulfonamides is 1. The van der Waals surface area contributed by atoms with E-state index in [1.807, 2.05) is 68.4 Å². The van der Waals surface area contributed by atoms with Crippen LogP contribution in [-0.2, 0) is 32.6 Å². The van der Waals surface area contributed by atoms with E-state index in [-0.39, 0.29) is 24.9 Å². The van der Waals surface area contributed by atoms with Gasteiger partial charge in [0.25, 0.3) is 0 Å². The predicted molar refractivity (Wildman–Crippen MR) is 169 cm³/mol. The standard InChI is InChI=1S/C33H40ClN3O4S/c1-24-12-10-13-25(2)32(24)37(42(3,40)41)23-31(38)36(22-27-16-11-17-28(34)20-27)30(21-26-14-6-4-7-15-26)33(39)35-29-18-8-5-9-19-29/h4,6-7,10-17,20,29-30H,5,8-9,18-19,21-23H2,1-3H3,(H,35,39)/t30-/m1/s1. The zero-order chi connectivity index (χ0) is 30.3. The molecular weight excluding hydrogens is 570 g/mol. The molecule has 0 aromatic heterocycles. The van der Waals surface area contributed by atoms with E-state index in [1.54, 1.807) is 18.2 Å². The monoisotopic (exact) mass is 609 g/mol. The molecule has 3 aromatic carbocycles. The Labute approximate surface area is 254 Å². The first kappa shape index (κ1) is 31.6. The Bertz CT molecular complexity index is 1470. The lowest BCUT2D eigenvalue weighted by atomic mass is 9.94. The third-order valence-corrected chi connectivity index (χ3v) is 9.18. The SMILES string of the molecule is Cc1cccc(C)c1N(CC(=O)N(Cc1cccc(Cl)c1)[C@H](Cc1ccccc1)C(=O)NC1CCCCC1)S(C)(=O)=O. The fraction of sp³-hybridized carbons (Fsp3) is 0.394. The number of hydrogen-bond donors (Lipinski definition) is 1. The van der Waals surface area contributed by atoms with Crippen molar-refractivity contribution >= 4 is 39.1 Å². The van der Waals surface area contributed by atoms with Crippen LogP contribution in [0, 0.1) is 13.8 Å². The number of halogens is 1. The van der Waals surface area contributed by atoms with E-state index in [4.69, 9.17) is 11.6 Å². The van der Waals surface area contributed by atoms with E-state index in [9.17, 15) is 18.0 Å². The van der Waals surface area contributed by atoms with Crippen LogP contribution in [0.1, 0.15) is 54.4 Å². The van der Waals surface area contributed by atoms with E-state index in [0.29, 0.717) is 10.7 Å². The third-order valence-electron chi connectivity index (χ3n) is 7.83. The van der Waals surface area contributed by atoms with Crippen molar-refractivity contribution in [2.24, 2.45) is 0 Å². The maximum atomic E-state index is 14.3. The topological polar surface area (TPSA) is 86.8 Å². The van der Waals surface area contributed by atoms with Crippen LogP contribution in [0.5, 0.6) is 0 Å². The molecule has 9 heteroatoms. The van der Waals surface area contributed by atoms with E-state index in [0.717, 1.165) is 64.9 Å². The molecule has 0 bridgehead atoms. The van der Waals surface area contributed by atoms with Gasteiger partial charge in [-0.25, -0.2) is 8.42 Å². The lowest BCUT2D eigenvalue weighted by Gasteiger charge is -2.35. The van der Waals surface area contributed by atoms with Crippen LogP contribution >= 0.6 is 11.6 Å². The number of anilines is 1. The number of aryl methyl sites for hydroxylation is 2. The van der Waals surface area contributed by atoms with Gasteiger partial charge in [-0.15, -0.1) is 0 Å². The minimum absolute atomic E-state index is 0.0507. The van der Waals surface area contributed by atoms with Crippen LogP contribution < -0.4 is 9.62 Å². The minimum Gasteiger partial charge on any atom is -0.352 e. The summed E-state index contributed by atoms with van der Waals surface area (Å²) in [7, 11) is -3.83. The van der Waals surface area contributed by atoms with Crippen LogP contribution in [0.4, 0.5) is 5.69 Å². The van der Waals surface area contributed by atoms with E-state index >= 15 is 0 Å². The molecule has 1 aliphatic carbocycles. The number of carbonyl (C=O) groups is 2. The van der Waals surface area contributed by atoms with Gasteiger partial charge in [-0.1, -0.05) is 91.5 Å².